The van der Waals surface area contributed by atoms with E-state index in [1.54, 1.807) is 48.9 Å². The highest BCUT2D eigenvalue weighted by atomic mass is 35.5. The molecule has 1 aliphatic rings. The van der Waals surface area contributed by atoms with Gasteiger partial charge in [-0.2, -0.15) is 0 Å². The Morgan fingerprint density at radius 2 is 1.77 bits per heavy atom. The fourth-order valence-corrected chi connectivity index (χ4v) is 3.94. The number of halogens is 1. The predicted molar refractivity (Wildman–Crippen MR) is 118 cm³/mol. The van der Waals surface area contributed by atoms with Gasteiger partial charge in [-0.3, -0.25) is 9.59 Å². The first-order valence-electron chi connectivity index (χ1n) is 10.0. The molecule has 6 nitrogen and oxygen atoms in total. The SMILES string of the molecule is Cc1ccc(C(O)=C2C(=O)C(=O)N(CCCn3ccnc3)[C@H]2c2ccc(Cl)cc2)cc1. The van der Waals surface area contributed by atoms with Crippen LogP contribution in [0.1, 0.15) is 29.2 Å². The van der Waals surface area contributed by atoms with Crippen LogP contribution in [0.2, 0.25) is 5.02 Å². The van der Waals surface area contributed by atoms with Crippen LogP contribution in [0.25, 0.3) is 5.76 Å². The molecule has 0 radical (unpaired) electrons. The number of carbonyl (C=O) groups excluding carboxylic acids is 2. The van der Waals surface area contributed by atoms with Crippen LogP contribution in [0.15, 0.2) is 72.8 Å². The third-order valence-electron chi connectivity index (χ3n) is 5.43. The second-order valence-corrected chi connectivity index (χ2v) is 8.00. The van der Waals surface area contributed by atoms with E-state index in [2.05, 4.69) is 4.98 Å². The number of aromatic nitrogens is 2. The molecule has 1 aromatic heterocycles. The number of likely N-dealkylation sites (tertiary alicyclic amines) is 1. The van der Waals surface area contributed by atoms with Crippen molar-refractivity contribution in [2.75, 3.05) is 6.54 Å². The minimum atomic E-state index is -0.680. The average molecular weight is 436 g/mol. The highest BCUT2D eigenvalue weighted by molar-refractivity contribution is 6.46. The van der Waals surface area contributed by atoms with E-state index in [-0.39, 0.29) is 11.3 Å². The lowest BCUT2D eigenvalue weighted by Gasteiger charge is -2.25. The summed E-state index contributed by atoms with van der Waals surface area (Å²) < 4.78 is 1.92. The first-order chi connectivity index (χ1) is 15.0. The normalized spacial score (nSPS) is 18.0. The number of rotatable bonds is 6. The van der Waals surface area contributed by atoms with E-state index < -0.39 is 17.7 Å². The Morgan fingerprint density at radius 1 is 1.06 bits per heavy atom. The summed E-state index contributed by atoms with van der Waals surface area (Å²) in [6, 6.07) is 13.5. The minimum Gasteiger partial charge on any atom is -0.507 e. The van der Waals surface area contributed by atoms with E-state index in [1.807, 2.05) is 29.8 Å². The van der Waals surface area contributed by atoms with E-state index in [0.717, 1.165) is 11.1 Å². The Balaban J connectivity index is 1.72. The number of ketones is 1. The van der Waals surface area contributed by atoms with Gasteiger partial charge in [-0.05, 0) is 31.0 Å². The number of hydrogen-bond donors (Lipinski definition) is 1. The summed E-state index contributed by atoms with van der Waals surface area (Å²) in [4.78, 5) is 31.5. The molecule has 1 saturated heterocycles. The van der Waals surface area contributed by atoms with Crippen molar-refractivity contribution in [3.8, 4) is 0 Å². The molecule has 2 heterocycles. The Bertz CT molecular complexity index is 1120. The second-order valence-electron chi connectivity index (χ2n) is 7.56. The van der Waals surface area contributed by atoms with Gasteiger partial charge in [0.2, 0.25) is 0 Å². The summed E-state index contributed by atoms with van der Waals surface area (Å²) in [5.41, 5.74) is 2.35. The molecule has 0 saturated carbocycles. The molecule has 4 rings (SSSR count). The van der Waals surface area contributed by atoms with Gasteiger partial charge in [-0.15, -0.1) is 0 Å². The van der Waals surface area contributed by atoms with Crippen LogP contribution in [0.3, 0.4) is 0 Å². The van der Waals surface area contributed by atoms with Gasteiger partial charge in [-0.25, -0.2) is 4.98 Å². The van der Waals surface area contributed by atoms with Gasteiger partial charge in [0.15, 0.2) is 0 Å². The van der Waals surface area contributed by atoms with Crippen molar-refractivity contribution in [2.45, 2.75) is 25.9 Å². The second kappa shape index (κ2) is 8.78. The zero-order chi connectivity index (χ0) is 22.0. The standard InChI is InChI=1S/C24H22ClN3O3/c1-16-3-5-18(6-4-16)22(29)20-21(17-7-9-19(25)10-8-17)28(24(31)23(20)30)13-2-12-27-14-11-26-15-27/h3-11,14-15,21,29H,2,12-13H2,1H3/t21-/m0/s1. The Labute approximate surface area is 185 Å². The number of benzene rings is 2. The maximum absolute atomic E-state index is 13.0. The fraction of sp³-hybridized carbons (Fsp3) is 0.208. The molecule has 7 heteroatoms. The maximum atomic E-state index is 13.0. The summed E-state index contributed by atoms with van der Waals surface area (Å²) in [6.07, 6.45) is 5.89. The number of carbonyl (C=O) groups is 2. The lowest BCUT2D eigenvalue weighted by atomic mass is 9.95. The smallest absolute Gasteiger partial charge is 0.295 e. The quantitative estimate of drug-likeness (QED) is 0.354. The lowest BCUT2D eigenvalue weighted by Crippen LogP contribution is -2.31. The Kier molecular flexibility index (Phi) is 5.91. The maximum Gasteiger partial charge on any atom is 0.295 e. The van der Waals surface area contributed by atoms with Gasteiger partial charge in [0.25, 0.3) is 11.7 Å². The molecule has 1 N–H and O–H groups in total. The fourth-order valence-electron chi connectivity index (χ4n) is 3.81. The van der Waals surface area contributed by atoms with E-state index in [4.69, 9.17) is 11.6 Å². The Hall–Kier alpha value is -3.38. The van der Waals surface area contributed by atoms with Crippen molar-refractivity contribution >= 4 is 29.1 Å². The molecule has 31 heavy (non-hydrogen) atoms. The summed E-state index contributed by atoms with van der Waals surface area (Å²) in [5.74, 6) is -1.46. The summed E-state index contributed by atoms with van der Waals surface area (Å²) in [7, 11) is 0. The molecule has 1 fully saturated rings. The highest BCUT2D eigenvalue weighted by Gasteiger charge is 2.45. The molecular weight excluding hydrogens is 414 g/mol. The zero-order valence-electron chi connectivity index (χ0n) is 17.0. The molecule has 0 aliphatic carbocycles. The number of nitrogens with zero attached hydrogens (tertiary/aromatic N) is 3. The number of aryl methyl sites for hydroxylation is 2. The minimum absolute atomic E-state index is 0.0961. The van der Waals surface area contributed by atoms with Crippen LogP contribution in [0.4, 0.5) is 0 Å². The first-order valence-corrected chi connectivity index (χ1v) is 10.4. The van der Waals surface area contributed by atoms with Gasteiger partial charge in [0.05, 0.1) is 17.9 Å². The van der Waals surface area contributed by atoms with Crippen LogP contribution in [-0.4, -0.2) is 37.8 Å². The number of amides is 1. The largest absolute Gasteiger partial charge is 0.507 e. The monoisotopic (exact) mass is 435 g/mol. The van der Waals surface area contributed by atoms with Gasteiger partial charge >= 0.3 is 0 Å². The van der Waals surface area contributed by atoms with Crippen LogP contribution in [0.5, 0.6) is 0 Å². The van der Waals surface area contributed by atoms with Crippen molar-refractivity contribution in [1.29, 1.82) is 0 Å². The van der Waals surface area contributed by atoms with Gasteiger partial charge in [0.1, 0.15) is 5.76 Å². The van der Waals surface area contributed by atoms with Crippen LogP contribution in [0, 0.1) is 6.92 Å². The number of Topliss-reactive ketones (excluding diaryl/α,β-unsaturated/α-hetero) is 1. The molecule has 1 aliphatic heterocycles. The van der Waals surface area contributed by atoms with E-state index in [9.17, 15) is 14.7 Å². The van der Waals surface area contributed by atoms with Crippen LogP contribution in [-0.2, 0) is 16.1 Å². The molecule has 0 spiro atoms. The van der Waals surface area contributed by atoms with Crippen molar-refractivity contribution in [3.05, 3.63) is 94.5 Å². The lowest BCUT2D eigenvalue weighted by molar-refractivity contribution is -0.139. The van der Waals surface area contributed by atoms with E-state index >= 15 is 0 Å². The van der Waals surface area contributed by atoms with Crippen LogP contribution < -0.4 is 0 Å². The van der Waals surface area contributed by atoms with Crippen molar-refractivity contribution in [3.63, 3.8) is 0 Å². The molecule has 0 bridgehead atoms. The van der Waals surface area contributed by atoms with Crippen LogP contribution >= 0.6 is 11.6 Å². The topological polar surface area (TPSA) is 75.4 Å². The molecular formula is C24H22ClN3O3. The molecule has 3 aromatic rings. The van der Waals surface area contributed by atoms with E-state index in [1.165, 1.54) is 4.90 Å². The molecule has 1 amide bonds. The first kappa shape index (κ1) is 20.9. The predicted octanol–water partition coefficient (Wildman–Crippen LogP) is 4.36. The zero-order valence-corrected chi connectivity index (χ0v) is 17.8. The third kappa shape index (κ3) is 4.25. The highest BCUT2D eigenvalue weighted by Crippen LogP contribution is 2.39. The van der Waals surface area contributed by atoms with Crippen molar-refractivity contribution < 1.29 is 14.7 Å². The number of hydrogen-bond acceptors (Lipinski definition) is 4. The van der Waals surface area contributed by atoms with Crippen molar-refractivity contribution in [1.82, 2.24) is 14.5 Å². The van der Waals surface area contributed by atoms with Gasteiger partial charge in [0, 0.05) is 36.1 Å². The van der Waals surface area contributed by atoms with Crippen molar-refractivity contribution in [2.24, 2.45) is 0 Å². The molecule has 2 aromatic carbocycles. The molecule has 158 valence electrons. The average Bonchev–Trinajstić information content (AvgIpc) is 3.37. The number of aliphatic hydroxyl groups excluding tert-OH is 1. The molecule has 0 unspecified atom stereocenters. The third-order valence-corrected chi connectivity index (χ3v) is 5.68. The summed E-state index contributed by atoms with van der Waals surface area (Å²) in [5, 5.41) is 11.6. The Morgan fingerprint density at radius 3 is 2.42 bits per heavy atom. The van der Waals surface area contributed by atoms with Gasteiger partial charge < -0.3 is 14.6 Å². The van der Waals surface area contributed by atoms with E-state index in [0.29, 0.717) is 30.1 Å². The molecule has 1 atom stereocenters. The number of imidazole rings is 1. The van der Waals surface area contributed by atoms with Gasteiger partial charge in [-0.1, -0.05) is 53.6 Å². The summed E-state index contributed by atoms with van der Waals surface area (Å²) in [6.45, 7) is 2.96. The number of aliphatic hydroxyl groups is 1. The summed E-state index contributed by atoms with van der Waals surface area (Å²) >= 11 is 6.04.